The molecule has 1 aromatic rings. The summed E-state index contributed by atoms with van der Waals surface area (Å²) in [5, 5.41) is 2.82. The van der Waals surface area contributed by atoms with Gasteiger partial charge in [-0.05, 0) is 31.9 Å². The van der Waals surface area contributed by atoms with E-state index >= 15 is 0 Å². The third-order valence-corrected chi connectivity index (χ3v) is 3.17. The molecule has 0 aliphatic heterocycles. The topological polar surface area (TPSA) is 47.6 Å². The first kappa shape index (κ1) is 17.0. The zero-order valence-corrected chi connectivity index (χ0v) is 13.1. The molecule has 1 unspecified atom stereocenters. The Morgan fingerprint density at radius 1 is 1.33 bits per heavy atom. The van der Waals surface area contributed by atoms with Crippen LogP contribution in [0.25, 0.3) is 0 Å². The second-order valence-electron chi connectivity index (χ2n) is 5.08. The van der Waals surface area contributed by atoms with E-state index in [9.17, 15) is 9.18 Å². The average molecular weight is 295 g/mol. The van der Waals surface area contributed by atoms with Gasteiger partial charge in [0.15, 0.2) is 11.6 Å². The largest absolute Gasteiger partial charge is 0.493 e. The number of halogens is 1. The van der Waals surface area contributed by atoms with Gasteiger partial charge in [0.05, 0.1) is 13.4 Å². The summed E-state index contributed by atoms with van der Waals surface area (Å²) >= 11 is 0. The van der Waals surface area contributed by atoms with E-state index in [1.807, 2.05) is 20.8 Å². The molecule has 5 heteroatoms. The maximum Gasteiger partial charge on any atom is 0.251 e. The van der Waals surface area contributed by atoms with E-state index in [1.54, 1.807) is 13.0 Å². The lowest BCUT2D eigenvalue weighted by atomic mass is 10.1. The summed E-state index contributed by atoms with van der Waals surface area (Å²) in [6.07, 6.45) is 2.98. The van der Waals surface area contributed by atoms with Crippen molar-refractivity contribution in [2.45, 2.75) is 33.7 Å². The van der Waals surface area contributed by atoms with E-state index in [0.29, 0.717) is 0 Å². The normalized spacial score (nSPS) is 12.5. The molecule has 0 aliphatic carbocycles. The third-order valence-electron chi connectivity index (χ3n) is 3.17. The van der Waals surface area contributed by atoms with E-state index in [4.69, 9.17) is 9.47 Å². The van der Waals surface area contributed by atoms with Crippen LogP contribution in [0.5, 0.6) is 11.5 Å². The van der Waals surface area contributed by atoms with Crippen molar-refractivity contribution >= 4 is 5.91 Å². The Hall–Kier alpha value is -2.04. The fourth-order valence-corrected chi connectivity index (χ4v) is 1.56. The lowest BCUT2D eigenvalue weighted by molar-refractivity contribution is 0.0929. The van der Waals surface area contributed by atoms with E-state index in [-0.39, 0.29) is 34.9 Å². The number of nitrogens with one attached hydrogen (secondary N) is 1. The second-order valence-corrected chi connectivity index (χ2v) is 5.08. The molecule has 0 saturated heterocycles. The van der Waals surface area contributed by atoms with Crippen molar-refractivity contribution < 1.29 is 18.7 Å². The molecule has 0 heterocycles. The number of allylic oxidation sites excluding steroid dienone is 1. The van der Waals surface area contributed by atoms with Gasteiger partial charge in [0, 0.05) is 11.6 Å². The van der Waals surface area contributed by atoms with Crippen molar-refractivity contribution in [2.75, 3.05) is 7.11 Å². The number of rotatable bonds is 6. The highest BCUT2D eigenvalue weighted by molar-refractivity contribution is 5.95. The monoisotopic (exact) mass is 295 g/mol. The maximum absolute atomic E-state index is 14.1. The molecule has 0 aromatic heterocycles. The minimum atomic E-state index is -0.644. The van der Waals surface area contributed by atoms with E-state index in [0.717, 1.165) is 6.07 Å². The molecule has 0 bridgehead atoms. The fourth-order valence-electron chi connectivity index (χ4n) is 1.56. The maximum atomic E-state index is 14.1. The first-order chi connectivity index (χ1) is 9.90. The summed E-state index contributed by atoms with van der Waals surface area (Å²) in [6, 6.07) is 2.60. The minimum Gasteiger partial charge on any atom is -0.493 e. The molecule has 4 nitrogen and oxygen atoms in total. The van der Waals surface area contributed by atoms with Crippen LogP contribution >= 0.6 is 0 Å². The average Bonchev–Trinajstić information content (AvgIpc) is 2.44. The van der Waals surface area contributed by atoms with Gasteiger partial charge in [0.1, 0.15) is 0 Å². The Morgan fingerprint density at radius 3 is 2.52 bits per heavy atom. The van der Waals surface area contributed by atoms with Gasteiger partial charge in [-0.1, -0.05) is 19.9 Å². The first-order valence-corrected chi connectivity index (χ1v) is 6.86. The van der Waals surface area contributed by atoms with Crippen LogP contribution in [0.3, 0.4) is 0 Å². The highest BCUT2D eigenvalue weighted by Crippen LogP contribution is 2.32. The lowest BCUT2D eigenvalue weighted by Gasteiger charge is -2.18. The quantitative estimate of drug-likeness (QED) is 0.817. The number of hydrogen-bond donors (Lipinski definition) is 1. The van der Waals surface area contributed by atoms with Gasteiger partial charge in [-0.15, -0.1) is 0 Å². The number of ether oxygens (including phenoxy) is 2. The van der Waals surface area contributed by atoms with Crippen LogP contribution in [0.15, 0.2) is 24.5 Å². The van der Waals surface area contributed by atoms with Crippen molar-refractivity contribution in [1.82, 2.24) is 5.32 Å². The van der Waals surface area contributed by atoms with Crippen molar-refractivity contribution in [3.63, 3.8) is 0 Å². The molecule has 0 spiro atoms. The van der Waals surface area contributed by atoms with Gasteiger partial charge >= 0.3 is 0 Å². The van der Waals surface area contributed by atoms with Gasteiger partial charge in [-0.2, -0.15) is 0 Å². The summed E-state index contributed by atoms with van der Waals surface area (Å²) in [5.41, 5.74) is 0.199. The predicted octanol–water partition coefficient (Wildman–Crippen LogP) is 3.52. The zero-order chi connectivity index (χ0) is 16.0. The first-order valence-electron chi connectivity index (χ1n) is 6.86. The van der Waals surface area contributed by atoms with Crippen molar-refractivity contribution in [3.05, 3.63) is 35.9 Å². The molecular weight excluding hydrogens is 273 g/mol. The summed E-state index contributed by atoms with van der Waals surface area (Å²) in [5.74, 6) is -0.557. The molecule has 1 aromatic carbocycles. The van der Waals surface area contributed by atoms with Crippen molar-refractivity contribution in [2.24, 2.45) is 5.92 Å². The summed E-state index contributed by atoms with van der Waals surface area (Å²) < 4.78 is 24.3. The molecule has 0 radical (unpaired) electrons. The molecule has 0 fully saturated rings. The van der Waals surface area contributed by atoms with E-state index in [2.05, 4.69) is 5.32 Å². The van der Waals surface area contributed by atoms with Crippen molar-refractivity contribution in [3.8, 4) is 11.5 Å². The van der Waals surface area contributed by atoms with Crippen LogP contribution in [-0.2, 0) is 0 Å². The van der Waals surface area contributed by atoms with Gasteiger partial charge in [0.25, 0.3) is 5.91 Å². The van der Waals surface area contributed by atoms with Crippen molar-refractivity contribution in [1.29, 1.82) is 0 Å². The number of carbonyl (C=O) groups excluding carboxylic acids is 1. The zero-order valence-electron chi connectivity index (χ0n) is 13.1. The summed E-state index contributed by atoms with van der Waals surface area (Å²) in [6.45, 7) is 7.65. The van der Waals surface area contributed by atoms with Crippen LogP contribution < -0.4 is 14.8 Å². The highest BCUT2D eigenvalue weighted by atomic mass is 19.1. The molecule has 116 valence electrons. The Kier molecular flexibility index (Phi) is 6.21. The van der Waals surface area contributed by atoms with Crippen LogP contribution in [0.2, 0.25) is 0 Å². The number of hydrogen-bond acceptors (Lipinski definition) is 3. The lowest BCUT2D eigenvalue weighted by Crippen LogP contribution is -2.36. The predicted molar refractivity (Wildman–Crippen MR) is 80.2 cm³/mol. The molecule has 1 rings (SSSR count). The van der Waals surface area contributed by atoms with Gasteiger partial charge in [-0.3, -0.25) is 4.79 Å². The van der Waals surface area contributed by atoms with Crippen LogP contribution in [0.4, 0.5) is 4.39 Å². The van der Waals surface area contributed by atoms with Gasteiger partial charge in [-0.25, -0.2) is 4.39 Å². The van der Waals surface area contributed by atoms with E-state index < -0.39 is 5.82 Å². The number of carbonyl (C=O) groups is 1. The van der Waals surface area contributed by atoms with Crippen LogP contribution in [-0.4, -0.2) is 19.1 Å². The number of amides is 1. The van der Waals surface area contributed by atoms with E-state index in [1.165, 1.54) is 19.4 Å². The minimum absolute atomic E-state index is 0.00879. The second kappa shape index (κ2) is 7.67. The Morgan fingerprint density at radius 2 is 2.00 bits per heavy atom. The van der Waals surface area contributed by atoms with Gasteiger partial charge < -0.3 is 14.8 Å². The molecule has 1 atom stereocenters. The third kappa shape index (κ3) is 4.48. The molecule has 1 N–H and O–H groups in total. The molecule has 0 aliphatic rings. The number of methoxy groups -OCH3 is 1. The summed E-state index contributed by atoms with van der Waals surface area (Å²) in [4.78, 5) is 12.1. The smallest absolute Gasteiger partial charge is 0.251 e. The molecule has 0 saturated carbocycles. The highest BCUT2D eigenvalue weighted by Gasteiger charge is 2.18. The van der Waals surface area contributed by atoms with Crippen LogP contribution in [0.1, 0.15) is 38.1 Å². The molecular formula is C16H22FNO3. The van der Waals surface area contributed by atoms with Crippen LogP contribution in [0, 0.1) is 11.7 Å². The fraction of sp³-hybridized carbons (Fsp3) is 0.438. The molecule has 21 heavy (non-hydrogen) atoms. The Balaban J connectivity index is 3.05. The SMILES string of the molecule is C/C=C\Oc1c(F)cc(C(=O)NC(C)C(C)C)cc1OC. The molecule has 1 amide bonds. The Bertz CT molecular complexity index is 526. The standard InChI is InChI=1S/C16H22FNO3/c1-6-7-21-15-13(17)8-12(9-14(15)20-5)16(19)18-11(4)10(2)3/h6-11H,1-5H3,(H,18,19)/b7-6-. The van der Waals surface area contributed by atoms with Gasteiger partial charge in [0.2, 0.25) is 5.75 Å². The number of benzene rings is 1. The Labute approximate surface area is 124 Å². The summed E-state index contributed by atoms with van der Waals surface area (Å²) in [7, 11) is 1.40.